The van der Waals surface area contributed by atoms with Crippen molar-refractivity contribution in [3.63, 3.8) is 0 Å². The van der Waals surface area contributed by atoms with Crippen LogP contribution in [0.15, 0.2) is 30.3 Å². The van der Waals surface area contributed by atoms with Crippen LogP contribution >= 0.6 is 12.2 Å². The SMILES string of the molecule is CCOC(=O)C(C)N(Cc1ccccc1)C(=S)N[NH3+]. The Balaban J connectivity index is 2.83. The fourth-order valence-electron chi connectivity index (χ4n) is 1.66. The molecule has 6 heteroatoms. The van der Waals surface area contributed by atoms with Gasteiger partial charge in [0.1, 0.15) is 6.04 Å². The van der Waals surface area contributed by atoms with Crippen molar-refractivity contribution in [2.24, 2.45) is 0 Å². The molecule has 1 atom stereocenters. The molecular formula is C13H20N3O2S+. The number of hydrogen-bond acceptors (Lipinski definition) is 3. The Morgan fingerprint density at radius 2 is 2.11 bits per heavy atom. The molecule has 0 saturated heterocycles. The van der Waals surface area contributed by atoms with Gasteiger partial charge in [-0.25, -0.2) is 10.2 Å². The van der Waals surface area contributed by atoms with Crippen LogP contribution in [0.4, 0.5) is 0 Å². The maximum atomic E-state index is 11.8. The van der Waals surface area contributed by atoms with Gasteiger partial charge in [0.15, 0.2) is 0 Å². The van der Waals surface area contributed by atoms with Gasteiger partial charge < -0.3 is 9.64 Å². The van der Waals surface area contributed by atoms with Crippen LogP contribution < -0.4 is 11.3 Å². The van der Waals surface area contributed by atoms with Gasteiger partial charge in [-0.3, -0.25) is 5.84 Å². The predicted octanol–water partition coefficient (Wildman–Crippen LogP) is 0.472. The maximum absolute atomic E-state index is 11.8. The van der Waals surface area contributed by atoms with Crippen LogP contribution in [0.2, 0.25) is 0 Å². The number of nitrogens with zero attached hydrogens (tertiary/aromatic N) is 1. The van der Waals surface area contributed by atoms with E-state index in [-0.39, 0.29) is 5.97 Å². The summed E-state index contributed by atoms with van der Waals surface area (Å²) in [4.78, 5) is 13.6. The molecule has 0 aliphatic rings. The van der Waals surface area contributed by atoms with E-state index in [2.05, 4.69) is 11.3 Å². The highest BCUT2D eigenvalue weighted by atomic mass is 32.1. The van der Waals surface area contributed by atoms with Gasteiger partial charge in [0.05, 0.1) is 6.61 Å². The Morgan fingerprint density at radius 1 is 1.47 bits per heavy atom. The topological polar surface area (TPSA) is 69.2 Å². The molecule has 0 radical (unpaired) electrons. The van der Waals surface area contributed by atoms with Crippen LogP contribution in [-0.4, -0.2) is 28.6 Å². The first kappa shape index (κ1) is 15.4. The molecule has 0 aromatic heterocycles. The second-order valence-electron chi connectivity index (χ2n) is 4.02. The highest BCUT2D eigenvalue weighted by Gasteiger charge is 2.25. The fraction of sp³-hybridized carbons (Fsp3) is 0.385. The highest BCUT2D eigenvalue weighted by Crippen LogP contribution is 2.10. The third-order valence-electron chi connectivity index (χ3n) is 2.70. The number of hydrogen-bond donors (Lipinski definition) is 2. The molecule has 0 bridgehead atoms. The second-order valence-corrected chi connectivity index (χ2v) is 4.41. The van der Waals surface area contributed by atoms with E-state index < -0.39 is 6.04 Å². The molecule has 1 aromatic rings. The first-order valence-electron chi connectivity index (χ1n) is 6.14. The Labute approximate surface area is 118 Å². The number of ether oxygens (including phenoxy) is 1. The number of carbonyl (C=O) groups excluding carboxylic acids is 1. The van der Waals surface area contributed by atoms with E-state index in [1.807, 2.05) is 30.3 Å². The number of nitrogens with one attached hydrogen (secondary N) is 1. The van der Waals surface area contributed by atoms with Crippen molar-refractivity contribution >= 4 is 23.3 Å². The molecule has 5 nitrogen and oxygen atoms in total. The minimum atomic E-state index is -0.457. The van der Waals surface area contributed by atoms with E-state index in [0.29, 0.717) is 18.3 Å². The number of esters is 1. The first-order chi connectivity index (χ1) is 9.10. The summed E-state index contributed by atoms with van der Waals surface area (Å²) >= 11 is 5.20. The van der Waals surface area contributed by atoms with Gasteiger partial charge in [0, 0.05) is 6.54 Å². The molecule has 0 fully saturated rings. The van der Waals surface area contributed by atoms with Crippen LogP contribution in [0.25, 0.3) is 0 Å². The van der Waals surface area contributed by atoms with Crippen molar-refractivity contribution in [2.75, 3.05) is 6.61 Å². The average Bonchev–Trinajstić information content (AvgIpc) is 2.44. The van der Waals surface area contributed by atoms with Crippen molar-refractivity contribution in [2.45, 2.75) is 26.4 Å². The molecule has 0 heterocycles. The molecule has 1 unspecified atom stereocenters. The summed E-state index contributed by atoms with van der Waals surface area (Å²) in [5.41, 5.74) is 3.73. The largest absolute Gasteiger partial charge is 0.464 e. The van der Waals surface area contributed by atoms with Gasteiger partial charge in [0.25, 0.3) is 0 Å². The minimum absolute atomic E-state index is 0.295. The molecule has 4 N–H and O–H groups in total. The normalized spacial score (nSPS) is 11.5. The van der Waals surface area contributed by atoms with Crippen LogP contribution in [0.3, 0.4) is 0 Å². The number of carbonyl (C=O) groups is 1. The van der Waals surface area contributed by atoms with E-state index in [0.717, 1.165) is 5.56 Å². The summed E-state index contributed by atoms with van der Waals surface area (Å²) in [6.07, 6.45) is 0. The number of quaternary nitrogens is 1. The summed E-state index contributed by atoms with van der Waals surface area (Å²) in [6.45, 7) is 4.43. The highest BCUT2D eigenvalue weighted by molar-refractivity contribution is 7.80. The van der Waals surface area contributed by atoms with Crippen molar-refractivity contribution < 1.29 is 15.4 Å². The van der Waals surface area contributed by atoms with Crippen LogP contribution in [-0.2, 0) is 16.1 Å². The van der Waals surface area contributed by atoms with Crippen LogP contribution in [0.1, 0.15) is 19.4 Å². The van der Waals surface area contributed by atoms with E-state index in [4.69, 9.17) is 17.0 Å². The van der Waals surface area contributed by atoms with Gasteiger partial charge in [-0.2, -0.15) is 0 Å². The van der Waals surface area contributed by atoms with Gasteiger partial charge in [-0.05, 0) is 31.6 Å². The number of thiocarbonyl (C=S) groups is 1. The molecule has 1 aromatic carbocycles. The predicted molar refractivity (Wildman–Crippen MR) is 76.7 cm³/mol. The molecule has 104 valence electrons. The summed E-state index contributed by atoms with van der Waals surface area (Å²) in [6, 6.07) is 9.35. The molecule has 1 rings (SSSR count). The first-order valence-corrected chi connectivity index (χ1v) is 6.55. The van der Waals surface area contributed by atoms with E-state index in [1.165, 1.54) is 0 Å². The van der Waals surface area contributed by atoms with Crippen LogP contribution in [0.5, 0.6) is 0 Å². The van der Waals surface area contributed by atoms with Crippen LogP contribution in [0, 0.1) is 0 Å². The summed E-state index contributed by atoms with van der Waals surface area (Å²) in [7, 11) is 0. The van der Waals surface area contributed by atoms with E-state index in [1.54, 1.807) is 18.7 Å². The van der Waals surface area contributed by atoms with Crippen molar-refractivity contribution in [3.05, 3.63) is 35.9 Å². The molecule has 0 amide bonds. The molecule has 19 heavy (non-hydrogen) atoms. The molecule has 0 aliphatic carbocycles. The fourth-order valence-corrected chi connectivity index (χ4v) is 1.88. The average molecular weight is 282 g/mol. The standard InChI is InChI=1S/C13H19N3O2S/c1-3-18-12(17)10(2)16(13(19)15-14)9-11-7-5-4-6-8-11/h4-8,10H,3,9,14H2,1-2H3,(H,15,19)/p+1. The van der Waals surface area contributed by atoms with E-state index in [9.17, 15) is 4.79 Å². The minimum Gasteiger partial charge on any atom is -0.464 e. The zero-order valence-corrected chi connectivity index (χ0v) is 12.1. The number of benzene rings is 1. The Hall–Kier alpha value is -1.66. The maximum Gasteiger partial charge on any atom is 0.328 e. The molecular weight excluding hydrogens is 262 g/mol. The number of rotatable bonds is 5. The third-order valence-corrected chi connectivity index (χ3v) is 3.08. The Morgan fingerprint density at radius 3 is 2.63 bits per heavy atom. The Kier molecular flexibility index (Phi) is 6.24. The lowest BCUT2D eigenvalue weighted by molar-refractivity contribution is -0.420. The Bertz CT molecular complexity index is 425. The molecule has 0 spiro atoms. The lowest BCUT2D eigenvalue weighted by Gasteiger charge is -2.28. The van der Waals surface area contributed by atoms with Gasteiger partial charge in [0.2, 0.25) is 5.11 Å². The summed E-state index contributed by atoms with van der Waals surface area (Å²) in [5.74, 6) is 3.26. The van der Waals surface area contributed by atoms with Crippen molar-refractivity contribution in [1.82, 2.24) is 10.3 Å². The van der Waals surface area contributed by atoms with Gasteiger partial charge in [-0.15, -0.1) is 0 Å². The van der Waals surface area contributed by atoms with E-state index >= 15 is 0 Å². The molecule has 0 aliphatic heterocycles. The van der Waals surface area contributed by atoms with Crippen molar-refractivity contribution in [3.8, 4) is 0 Å². The zero-order chi connectivity index (χ0) is 14.3. The third kappa shape index (κ3) is 4.50. The lowest BCUT2D eigenvalue weighted by atomic mass is 10.2. The lowest BCUT2D eigenvalue weighted by Crippen LogP contribution is -2.70. The quantitative estimate of drug-likeness (QED) is 0.467. The smallest absolute Gasteiger partial charge is 0.328 e. The van der Waals surface area contributed by atoms with Crippen molar-refractivity contribution in [1.29, 1.82) is 0 Å². The monoisotopic (exact) mass is 282 g/mol. The van der Waals surface area contributed by atoms with Gasteiger partial charge >= 0.3 is 5.97 Å². The molecule has 0 saturated carbocycles. The summed E-state index contributed by atoms with van der Waals surface area (Å²) in [5, 5.41) is 0.421. The second kappa shape index (κ2) is 7.70. The zero-order valence-electron chi connectivity index (χ0n) is 11.3. The summed E-state index contributed by atoms with van der Waals surface area (Å²) < 4.78 is 5.03. The van der Waals surface area contributed by atoms with Gasteiger partial charge in [-0.1, -0.05) is 30.3 Å².